The van der Waals surface area contributed by atoms with Crippen LogP contribution in [-0.2, 0) is 5.41 Å². The number of benzene rings is 2. The Bertz CT molecular complexity index is 817. The lowest BCUT2D eigenvalue weighted by molar-refractivity contribution is 0.181. The van der Waals surface area contributed by atoms with Crippen molar-refractivity contribution in [3.05, 3.63) is 58.7 Å². The van der Waals surface area contributed by atoms with E-state index in [-0.39, 0.29) is 5.41 Å². The Balaban J connectivity index is 1.71. The molecule has 136 valence electrons. The number of aromatic hydroxyl groups is 2. The normalized spacial score (nSPS) is 31.3. The van der Waals surface area contributed by atoms with Crippen molar-refractivity contribution in [3.8, 4) is 11.5 Å². The Morgan fingerprint density at radius 1 is 0.846 bits per heavy atom. The van der Waals surface area contributed by atoms with Crippen molar-refractivity contribution < 1.29 is 10.2 Å². The summed E-state index contributed by atoms with van der Waals surface area (Å²) < 4.78 is 0. The average Bonchev–Trinajstić information content (AvgIpc) is 3.31. The van der Waals surface area contributed by atoms with E-state index in [1.54, 1.807) is 0 Å². The van der Waals surface area contributed by atoms with Gasteiger partial charge in [0.15, 0.2) is 0 Å². The fraction of sp³-hybridized carbons (Fsp3) is 0.500. The Morgan fingerprint density at radius 2 is 1.42 bits per heavy atom. The largest absolute Gasteiger partial charge is 0.508 e. The van der Waals surface area contributed by atoms with Crippen LogP contribution in [0.5, 0.6) is 11.5 Å². The Morgan fingerprint density at radius 3 is 2.00 bits per heavy atom. The van der Waals surface area contributed by atoms with Crippen molar-refractivity contribution in [2.24, 2.45) is 23.7 Å². The second kappa shape index (κ2) is 5.52. The molecule has 3 aliphatic carbocycles. The molecule has 2 aromatic carbocycles. The molecule has 2 heteroatoms. The van der Waals surface area contributed by atoms with Crippen LogP contribution < -0.4 is 0 Å². The summed E-state index contributed by atoms with van der Waals surface area (Å²) in [4.78, 5) is 0. The van der Waals surface area contributed by atoms with Gasteiger partial charge in [-0.25, -0.2) is 0 Å². The highest BCUT2D eigenvalue weighted by Gasteiger charge is 2.61. The number of rotatable bonds is 2. The van der Waals surface area contributed by atoms with Crippen LogP contribution in [0, 0.1) is 37.5 Å². The van der Waals surface area contributed by atoms with Gasteiger partial charge in [0.2, 0.25) is 0 Å². The van der Waals surface area contributed by atoms with Crippen molar-refractivity contribution in [3.63, 3.8) is 0 Å². The minimum Gasteiger partial charge on any atom is -0.508 e. The lowest BCUT2D eigenvalue weighted by Gasteiger charge is -2.44. The van der Waals surface area contributed by atoms with Gasteiger partial charge in [0, 0.05) is 5.41 Å². The van der Waals surface area contributed by atoms with Gasteiger partial charge in [-0.15, -0.1) is 0 Å². The maximum absolute atomic E-state index is 10.1. The number of hydrogen-bond donors (Lipinski definition) is 2. The minimum atomic E-state index is 0.0348. The van der Waals surface area contributed by atoms with Crippen LogP contribution in [-0.4, -0.2) is 10.2 Å². The molecule has 0 saturated heterocycles. The van der Waals surface area contributed by atoms with E-state index in [1.807, 2.05) is 26.0 Å². The summed E-state index contributed by atoms with van der Waals surface area (Å²) in [5.74, 6) is 4.06. The number of phenols is 2. The molecule has 0 heterocycles. The van der Waals surface area contributed by atoms with Crippen LogP contribution in [0.1, 0.15) is 54.4 Å². The first kappa shape index (κ1) is 16.2. The summed E-state index contributed by atoms with van der Waals surface area (Å²) in [7, 11) is 0. The highest BCUT2D eigenvalue weighted by Crippen LogP contribution is 2.68. The van der Waals surface area contributed by atoms with E-state index in [2.05, 4.69) is 24.3 Å². The monoisotopic (exact) mass is 348 g/mol. The molecule has 4 atom stereocenters. The molecule has 2 nitrogen and oxygen atoms in total. The molecular formula is C24H28O2. The summed E-state index contributed by atoms with van der Waals surface area (Å²) >= 11 is 0. The van der Waals surface area contributed by atoms with E-state index in [4.69, 9.17) is 0 Å². The Hall–Kier alpha value is -1.96. The number of phenolic OH excluding ortho intramolecular Hbond substituents is 2. The van der Waals surface area contributed by atoms with E-state index in [0.29, 0.717) is 17.4 Å². The average molecular weight is 348 g/mol. The molecule has 5 rings (SSSR count). The minimum absolute atomic E-state index is 0.0348. The summed E-state index contributed by atoms with van der Waals surface area (Å²) in [6.07, 6.45) is 6.75. The van der Waals surface area contributed by atoms with Gasteiger partial charge in [0.05, 0.1) is 0 Å². The van der Waals surface area contributed by atoms with Gasteiger partial charge in [-0.1, -0.05) is 30.7 Å². The van der Waals surface area contributed by atoms with Crippen molar-refractivity contribution >= 4 is 0 Å². The Kier molecular flexibility index (Phi) is 3.44. The van der Waals surface area contributed by atoms with Crippen LogP contribution in [0.25, 0.3) is 0 Å². The molecule has 0 radical (unpaired) electrons. The predicted octanol–water partition coefficient (Wildman–Crippen LogP) is 5.46. The van der Waals surface area contributed by atoms with Crippen molar-refractivity contribution in [2.45, 2.75) is 51.4 Å². The molecule has 3 aliphatic rings. The van der Waals surface area contributed by atoms with Crippen molar-refractivity contribution in [2.75, 3.05) is 0 Å². The number of fused-ring (bicyclic) bond motifs is 5. The molecule has 0 aromatic heterocycles. The summed E-state index contributed by atoms with van der Waals surface area (Å²) in [6.45, 7) is 4.00. The predicted molar refractivity (Wildman–Crippen MR) is 104 cm³/mol. The van der Waals surface area contributed by atoms with E-state index < -0.39 is 0 Å². The lowest BCUT2D eigenvalue weighted by Crippen LogP contribution is -2.40. The topological polar surface area (TPSA) is 40.5 Å². The molecule has 4 unspecified atom stereocenters. The number of hydrogen-bond acceptors (Lipinski definition) is 2. The maximum atomic E-state index is 10.1. The molecule has 0 amide bonds. The molecule has 0 aliphatic heterocycles. The molecule has 2 bridgehead atoms. The first-order valence-electron chi connectivity index (χ1n) is 10.1. The smallest absolute Gasteiger partial charge is 0.118 e. The van der Waals surface area contributed by atoms with Crippen LogP contribution in [0.4, 0.5) is 0 Å². The van der Waals surface area contributed by atoms with Crippen LogP contribution >= 0.6 is 0 Å². The van der Waals surface area contributed by atoms with Crippen molar-refractivity contribution in [1.82, 2.24) is 0 Å². The molecule has 3 saturated carbocycles. The molecular weight excluding hydrogens is 320 g/mol. The second-order valence-corrected chi connectivity index (χ2v) is 9.04. The molecule has 0 spiro atoms. The maximum Gasteiger partial charge on any atom is 0.118 e. The molecule has 2 N–H and O–H groups in total. The first-order chi connectivity index (χ1) is 12.5. The SMILES string of the molecule is Cc1cc(C2(c3ccc(O)c(C)c3)CC3CC2C2CCCC32)ccc1O. The van der Waals surface area contributed by atoms with E-state index in [9.17, 15) is 10.2 Å². The zero-order chi connectivity index (χ0) is 18.1. The fourth-order valence-electron chi connectivity index (χ4n) is 6.84. The fourth-order valence-corrected chi connectivity index (χ4v) is 6.84. The summed E-state index contributed by atoms with van der Waals surface area (Å²) in [5, 5.41) is 20.1. The van der Waals surface area contributed by atoms with E-state index in [0.717, 1.165) is 28.9 Å². The third kappa shape index (κ3) is 2.05. The number of aryl methyl sites for hydroxylation is 2. The lowest BCUT2D eigenvalue weighted by atomic mass is 9.59. The van der Waals surface area contributed by atoms with Crippen molar-refractivity contribution in [1.29, 1.82) is 0 Å². The van der Waals surface area contributed by atoms with Crippen LogP contribution in [0.15, 0.2) is 36.4 Å². The zero-order valence-corrected chi connectivity index (χ0v) is 15.7. The van der Waals surface area contributed by atoms with Crippen LogP contribution in [0.3, 0.4) is 0 Å². The van der Waals surface area contributed by atoms with Gasteiger partial charge in [-0.05, 0) is 97.6 Å². The first-order valence-corrected chi connectivity index (χ1v) is 10.1. The zero-order valence-electron chi connectivity index (χ0n) is 15.7. The van der Waals surface area contributed by atoms with E-state index in [1.165, 1.54) is 43.2 Å². The quantitative estimate of drug-likeness (QED) is 0.757. The third-order valence-electron chi connectivity index (χ3n) is 7.94. The molecule has 26 heavy (non-hydrogen) atoms. The highest BCUT2D eigenvalue weighted by molar-refractivity contribution is 5.50. The Labute approximate surface area is 155 Å². The van der Waals surface area contributed by atoms with Gasteiger partial charge in [-0.3, -0.25) is 0 Å². The molecule has 2 aromatic rings. The standard InChI is InChI=1S/C24H28O2/c1-14-10-17(6-8-22(14)25)24(18-7-9-23(26)15(2)11-18)13-16-12-21(24)20-5-3-4-19(16)20/h6-11,16,19-21,25-26H,3-5,12-13H2,1-2H3. The highest BCUT2D eigenvalue weighted by atomic mass is 16.3. The van der Waals surface area contributed by atoms with Crippen LogP contribution in [0.2, 0.25) is 0 Å². The van der Waals surface area contributed by atoms with Gasteiger partial charge >= 0.3 is 0 Å². The van der Waals surface area contributed by atoms with Gasteiger partial charge in [0.25, 0.3) is 0 Å². The van der Waals surface area contributed by atoms with Gasteiger partial charge in [0.1, 0.15) is 11.5 Å². The molecule has 3 fully saturated rings. The second-order valence-electron chi connectivity index (χ2n) is 9.04. The summed E-state index contributed by atoms with van der Waals surface area (Å²) in [5.41, 5.74) is 4.67. The summed E-state index contributed by atoms with van der Waals surface area (Å²) in [6, 6.07) is 12.5. The van der Waals surface area contributed by atoms with Gasteiger partial charge < -0.3 is 10.2 Å². The third-order valence-corrected chi connectivity index (χ3v) is 7.94. The van der Waals surface area contributed by atoms with Gasteiger partial charge in [-0.2, -0.15) is 0 Å². The van der Waals surface area contributed by atoms with E-state index >= 15 is 0 Å².